The third-order valence-corrected chi connectivity index (χ3v) is 5.90. The number of hydrogen-bond acceptors (Lipinski definition) is 5. The number of nitrogens with one attached hydrogen (secondary N) is 1. The lowest BCUT2D eigenvalue weighted by molar-refractivity contribution is -0.166. The highest BCUT2D eigenvalue weighted by Crippen LogP contribution is 2.34. The number of carbonyl (C=O) groups is 1. The molecule has 0 spiro atoms. The molecule has 3 heterocycles. The number of carbonyl (C=O) groups excluding carboxylic acids is 1. The fourth-order valence-electron chi connectivity index (χ4n) is 3.72. The molecule has 0 radical (unpaired) electrons. The minimum absolute atomic E-state index is 0.153. The quantitative estimate of drug-likeness (QED) is 0.596. The molecule has 1 saturated carbocycles. The van der Waals surface area contributed by atoms with Crippen molar-refractivity contribution < 1.29 is 22.7 Å². The van der Waals surface area contributed by atoms with Crippen LogP contribution < -0.4 is 15.6 Å². The van der Waals surface area contributed by atoms with E-state index in [1.54, 1.807) is 30.1 Å². The van der Waals surface area contributed by atoms with E-state index < -0.39 is 17.8 Å². The van der Waals surface area contributed by atoms with E-state index >= 15 is 0 Å². The fourth-order valence-corrected chi connectivity index (χ4v) is 3.72. The van der Waals surface area contributed by atoms with Gasteiger partial charge in [-0.25, -0.2) is 9.67 Å². The summed E-state index contributed by atoms with van der Waals surface area (Å²) in [6, 6.07) is 0.863. The van der Waals surface area contributed by atoms with Gasteiger partial charge >= 0.3 is 11.7 Å². The van der Waals surface area contributed by atoms with Gasteiger partial charge in [0.2, 0.25) is 5.91 Å². The molecule has 3 aromatic heterocycles. The molecule has 1 atom stereocenters. The van der Waals surface area contributed by atoms with E-state index in [-0.39, 0.29) is 24.0 Å². The number of hydrogen-bond donors (Lipinski definition) is 1. The number of alkyl halides is 3. The van der Waals surface area contributed by atoms with E-state index in [1.165, 1.54) is 13.0 Å². The number of anilines is 1. The van der Waals surface area contributed by atoms with Crippen molar-refractivity contribution in [2.75, 3.05) is 11.9 Å². The molecule has 0 aliphatic heterocycles. The Labute approximate surface area is 187 Å². The number of pyridine rings is 1. The number of nitrogens with zero attached hydrogens (tertiary/aromatic N) is 4. The summed E-state index contributed by atoms with van der Waals surface area (Å²) in [5, 5.41) is 7.27. The summed E-state index contributed by atoms with van der Waals surface area (Å²) in [5.41, 5.74) is 0.390. The van der Waals surface area contributed by atoms with Crippen LogP contribution in [-0.2, 0) is 11.8 Å². The van der Waals surface area contributed by atoms with E-state index in [0.717, 1.165) is 26.2 Å². The Balaban J connectivity index is 1.86. The van der Waals surface area contributed by atoms with Gasteiger partial charge in [0.25, 0.3) is 0 Å². The zero-order valence-corrected chi connectivity index (χ0v) is 18.4. The molecule has 176 valence electrons. The van der Waals surface area contributed by atoms with Crippen LogP contribution in [0.1, 0.15) is 39.2 Å². The summed E-state index contributed by atoms with van der Waals surface area (Å²) in [4.78, 5) is 28.4. The maximum absolute atomic E-state index is 13.5. The van der Waals surface area contributed by atoms with Crippen molar-refractivity contribution in [2.24, 2.45) is 13.0 Å². The van der Waals surface area contributed by atoms with Crippen molar-refractivity contribution in [1.82, 2.24) is 19.3 Å². The number of ether oxygens (including phenoxy) is 1. The normalized spacial score (nSPS) is 15.3. The van der Waals surface area contributed by atoms with Crippen LogP contribution in [0.25, 0.3) is 22.2 Å². The summed E-state index contributed by atoms with van der Waals surface area (Å²) in [5.74, 6) is 0.104. The highest BCUT2D eigenvalue weighted by molar-refractivity contribution is 5.98. The molecule has 1 unspecified atom stereocenters. The largest absolute Gasteiger partial charge is 0.488 e. The van der Waals surface area contributed by atoms with Gasteiger partial charge in [-0.3, -0.25) is 9.59 Å². The summed E-state index contributed by atoms with van der Waals surface area (Å²) < 4.78 is 48.4. The molecule has 11 heteroatoms. The van der Waals surface area contributed by atoms with Gasteiger partial charge in [-0.1, -0.05) is 6.42 Å². The molecule has 1 N–H and O–H groups in total. The van der Waals surface area contributed by atoms with E-state index in [0.29, 0.717) is 32.9 Å². The Kier molecular flexibility index (Phi) is 5.89. The predicted molar refractivity (Wildman–Crippen MR) is 116 cm³/mol. The smallest absolute Gasteiger partial charge is 0.410 e. The van der Waals surface area contributed by atoms with Crippen molar-refractivity contribution in [3.05, 3.63) is 34.9 Å². The molecule has 0 aromatic carbocycles. The van der Waals surface area contributed by atoms with E-state index in [9.17, 15) is 22.8 Å². The fraction of sp³-hybridized carbons (Fsp3) is 0.455. The lowest BCUT2D eigenvalue weighted by Gasteiger charge is -2.25. The van der Waals surface area contributed by atoms with Crippen LogP contribution in [0.15, 0.2) is 29.3 Å². The Hall–Kier alpha value is -3.37. The number of amides is 1. The van der Waals surface area contributed by atoms with E-state index in [1.807, 2.05) is 0 Å². The van der Waals surface area contributed by atoms with Crippen LogP contribution in [0, 0.1) is 5.92 Å². The SMILES string of the molecule is CC(=O)Nc1cc2c(-c3cc(OCC4CCC4)c(=O)n(C(C)C(F)(F)F)n3)cn(C)c2cn1. The van der Waals surface area contributed by atoms with Crippen LogP contribution in [0.4, 0.5) is 19.0 Å². The Bertz CT molecular complexity index is 1260. The average molecular weight is 463 g/mol. The van der Waals surface area contributed by atoms with Crippen LogP contribution in [0.2, 0.25) is 0 Å². The first kappa shape index (κ1) is 22.8. The zero-order chi connectivity index (χ0) is 23.9. The molecule has 0 bridgehead atoms. The van der Waals surface area contributed by atoms with Crippen molar-refractivity contribution in [3.8, 4) is 17.0 Å². The summed E-state index contributed by atoms with van der Waals surface area (Å²) in [6.07, 6.45) is 1.58. The lowest BCUT2D eigenvalue weighted by Crippen LogP contribution is -2.35. The predicted octanol–water partition coefficient (Wildman–Crippen LogP) is 4.06. The monoisotopic (exact) mass is 463 g/mol. The average Bonchev–Trinajstić information content (AvgIpc) is 3.02. The van der Waals surface area contributed by atoms with Crippen molar-refractivity contribution in [1.29, 1.82) is 0 Å². The maximum atomic E-state index is 13.5. The Morgan fingerprint density at radius 1 is 1.33 bits per heavy atom. The van der Waals surface area contributed by atoms with Crippen LogP contribution in [0.3, 0.4) is 0 Å². The van der Waals surface area contributed by atoms with Gasteiger partial charge in [0.05, 0.1) is 24.0 Å². The summed E-state index contributed by atoms with van der Waals surface area (Å²) >= 11 is 0. The summed E-state index contributed by atoms with van der Waals surface area (Å²) in [6.45, 7) is 2.50. The third-order valence-electron chi connectivity index (χ3n) is 5.90. The first-order valence-corrected chi connectivity index (χ1v) is 10.6. The lowest BCUT2D eigenvalue weighted by atomic mass is 9.86. The molecule has 0 saturated heterocycles. The zero-order valence-electron chi connectivity index (χ0n) is 18.4. The Morgan fingerprint density at radius 2 is 2.06 bits per heavy atom. The van der Waals surface area contributed by atoms with Gasteiger partial charge in [0.1, 0.15) is 11.9 Å². The molecule has 8 nitrogen and oxygen atoms in total. The van der Waals surface area contributed by atoms with Crippen LogP contribution in [-0.4, -0.2) is 38.0 Å². The molecule has 1 aliphatic rings. The molecule has 3 aromatic rings. The number of fused-ring (bicyclic) bond motifs is 1. The van der Waals surface area contributed by atoms with E-state index in [2.05, 4.69) is 15.4 Å². The van der Waals surface area contributed by atoms with Gasteiger partial charge in [-0.2, -0.15) is 18.3 Å². The molecule has 4 rings (SSSR count). The molecule has 1 fully saturated rings. The van der Waals surface area contributed by atoms with Crippen molar-refractivity contribution in [3.63, 3.8) is 0 Å². The maximum Gasteiger partial charge on any atom is 0.410 e. The number of halogens is 3. The number of aromatic nitrogens is 4. The van der Waals surface area contributed by atoms with Crippen molar-refractivity contribution in [2.45, 2.75) is 45.3 Å². The highest BCUT2D eigenvalue weighted by atomic mass is 19.4. The number of rotatable bonds is 6. The van der Waals surface area contributed by atoms with Gasteiger partial charge in [0.15, 0.2) is 5.75 Å². The molecular formula is C22H24F3N5O3. The summed E-state index contributed by atoms with van der Waals surface area (Å²) in [7, 11) is 1.76. The first-order chi connectivity index (χ1) is 15.5. The second-order valence-electron chi connectivity index (χ2n) is 8.39. The van der Waals surface area contributed by atoms with Gasteiger partial charge < -0.3 is 14.6 Å². The second kappa shape index (κ2) is 8.53. The first-order valence-electron chi connectivity index (χ1n) is 10.6. The van der Waals surface area contributed by atoms with Crippen LogP contribution >= 0.6 is 0 Å². The van der Waals surface area contributed by atoms with Gasteiger partial charge in [-0.05, 0) is 31.7 Å². The molecule has 33 heavy (non-hydrogen) atoms. The molecule has 1 aliphatic carbocycles. The van der Waals surface area contributed by atoms with E-state index in [4.69, 9.17) is 4.74 Å². The second-order valence-corrected chi connectivity index (χ2v) is 8.39. The van der Waals surface area contributed by atoms with Gasteiger partial charge in [-0.15, -0.1) is 0 Å². The Morgan fingerprint density at radius 3 is 2.67 bits per heavy atom. The molecular weight excluding hydrogens is 439 g/mol. The number of aryl methyl sites for hydroxylation is 1. The highest BCUT2D eigenvalue weighted by Gasteiger charge is 2.39. The minimum Gasteiger partial charge on any atom is -0.488 e. The molecule has 1 amide bonds. The topological polar surface area (TPSA) is 91.0 Å². The standard InChI is InChI=1S/C22H24F3N5O3/c1-12(22(23,24)25)30-21(32)19(33-11-14-5-4-6-14)8-17(28-30)16-10-29(3)18-9-26-20(7-15(16)18)27-13(2)31/h7-10,12,14H,4-6,11H2,1-3H3,(H,26,27,31). The third kappa shape index (κ3) is 4.57. The van der Waals surface area contributed by atoms with Gasteiger partial charge in [0, 0.05) is 37.2 Å². The van der Waals surface area contributed by atoms with Crippen molar-refractivity contribution >= 4 is 22.6 Å². The minimum atomic E-state index is -4.66. The van der Waals surface area contributed by atoms with Crippen LogP contribution in [0.5, 0.6) is 5.75 Å².